The van der Waals surface area contributed by atoms with Crippen LogP contribution < -0.4 is 5.32 Å². The largest absolute Gasteiger partial charge is 0.381 e. The van der Waals surface area contributed by atoms with E-state index in [0.717, 1.165) is 58.5 Å². The molecule has 0 aromatic heterocycles. The summed E-state index contributed by atoms with van der Waals surface area (Å²) in [7, 11) is 0. The highest BCUT2D eigenvalue weighted by atomic mass is 16.5. The topological polar surface area (TPSA) is 61.9 Å². The van der Waals surface area contributed by atoms with E-state index in [2.05, 4.69) is 10.2 Å². The van der Waals surface area contributed by atoms with Gasteiger partial charge in [0.25, 0.3) is 0 Å². The van der Waals surface area contributed by atoms with E-state index in [-0.39, 0.29) is 23.8 Å². The molecule has 0 saturated carbocycles. The lowest BCUT2D eigenvalue weighted by Gasteiger charge is -2.34. The Labute approximate surface area is 139 Å². The van der Waals surface area contributed by atoms with Crippen LogP contribution in [0.2, 0.25) is 0 Å². The number of likely N-dealkylation sites (N-methyl/N-ethyl adjacent to an activating group) is 1. The Morgan fingerprint density at radius 2 is 1.87 bits per heavy atom. The van der Waals surface area contributed by atoms with Crippen LogP contribution >= 0.6 is 0 Å². The Morgan fingerprint density at radius 3 is 2.43 bits per heavy atom. The number of amides is 2. The van der Waals surface area contributed by atoms with Gasteiger partial charge in [-0.15, -0.1) is 0 Å². The van der Waals surface area contributed by atoms with Crippen molar-refractivity contribution < 1.29 is 14.3 Å². The second-order valence-electron chi connectivity index (χ2n) is 6.54. The molecule has 2 amide bonds. The maximum atomic E-state index is 12.2. The van der Waals surface area contributed by atoms with E-state index in [0.29, 0.717) is 13.2 Å². The van der Waals surface area contributed by atoms with Crippen molar-refractivity contribution >= 4 is 11.8 Å². The van der Waals surface area contributed by atoms with Gasteiger partial charge < -0.3 is 15.0 Å². The van der Waals surface area contributed by atoms with Gasteiger partial charge in [0.15, 0.2) is 0 Å². The average Bonchev–Trinajstić information content (AvgIpc) is 2.58. The molecule has 0 bridgehead atoms. The Kier molecular flexibility index (Phi) is 7.30. The molecular weight excluding hydrogens is 294 g/mol. The lowest BCUT2D eigenvalue weighted by Crippen LogP contribution is -2.49. The van der Waals surface area contributed by atoms with E-state index in [4.69, 9.17) is 4.74 Å². The predicted molar refractivity (Wildman–Crippen MR) is 89.1 cm³/mol. The van der Waals surface area contributed by atoms with Crippen LogP contribution in [0, 0.1) is 5.92 Å². The number of carbonyl (C=O) groups is 2. The lowest BCUT2D eigenvalue weighted by molar-refractivity contribution is -0.133. The smallest absolute Gasteiger partial charge is 0.236 e. The molecule has 132 valence electrons. The third kappa shape index (κ3) is 5.46. The normalized spacial score (nSPS) is 23.5. The molecule has 0 radical (unpaired) electrons. The van der Waals surface area contributed by atoms with Gasteiger partial charge in [0.2, 0.25) is 11.8 Å². The number of likely N-dealkylation sites (tertiary alicyclic amines) is 1. The molecule has 6 nitrogen and oxygen atoms in total. The highest BCUT2D eigenvalue weighted by molar-refractivity contribution is 5.79. The molecule has 0 aromatic rings. The van der Waals surface area contributed by atoms with Crippen LogP contribution in [0.3, 0.4) is 0 Å². The first-order valence-corrected chi connectivity index (χ1v) is 9.02. The van der Waals surface area contributed by atoms with Crippen LogP contribution in [0.5, 0.6) is 0 Å². The number of ether oxygens (including phenoxy) is 1. The summed E-state index contributed by atoms with van der Waals surface area (Å²) in [5, 5.41) is 3.17. The van der Waals surface area contributed by atoms with E-state index in [1.54, 1.807) is 0 Å². The van der Waals surface area contributed by atoms with Crippen molar-refractivity contribution in [2.75, 3.05) is 45.9 Å². The second-order valence-corrected chi connectivity index (χ2v) is 6.54. The highest BCUT2D eigenvalue weighted by Gasteiger charge is 2.27. The zero-order valence-corrected chi connectivity index (χ0v) is 14.6. The number of hydrogen-bond acceptors (Lipinski definition) is 4. The van der Waals surface area contributed by atoms with Gasteiger partial charge in [-0.05, 0) is 39.5 Å². The minimum atomic E-state index is 0.0195. The highest BCUT2D eigenvalue weighted by Crippen LogP contribution is 2.16. The van der Waals surface area contributed by atoms with Crippen LogP contribution in [-0.4, -0.2) is 73.6 Å². The van der Waals surface area contributed by atoms with Gasteiger partial charge >= 0.3 is 0 Å². The van der Waals surface area contributed by atoms with Crippen LogP contribution in [0.1, 0.15) is 39.5 Å². The average molecular weight is 325 g/mol. The standard InChI is InChI=1S/C17H31N3O3/c1-3-20(4-2)16(21)12-19-9-7-15(8-10-19)18-17(22)14-6-5-11-23-13-14/h14-15H,3-13H2,1-2H3,(H,18,22)/t14-/m0/s1. The molecule has 2 aliphatic rings. The number of nitrogens with zero attached hydrogens (tertiary/aromatic N) is 2. The van der Waals surface area contributed by atoms with Gasteiger partial charge in [0, 0.05) is 38.8 Å². The van der Waals surface area contributed by atoms with Gasteiger partial charge in [0.05, 0.1) is 19.1 Å². The summed E-state index contributed by atoms with van der Waals surface area (Å²) in [6.07, 6.45) is 3.75. The number of hydrogen-bond donors (Lipinski definition) is 1. The van der Waals surface area contributed by atoms with Gasteiger partial charge in [-0.25, -0.2) is 0 Å². The number of nitrogens with one attached hydrogen (secondary N) is 1. The van der Waals surface area contributed by atoms with E-state index < -0.39 is 0 Å². The van der Waals surface area contributed by atoms with Crippen molar-refractivity contribution in [3.05, 3.63) is 0 Å². The minimum absolute atomic E-state index is 0.0195. The quantitative estimate of drug-likeness (QED) is 0.787. The van der Waals surface area contributed by atoms with Crippen molar-refractivity contribution in [2.24, 2.45) is 5.92 Å². The van der Waals surface area contributed by atoms with Gasteiger partial charge in [-0.3, -0.25) is 14.5 Å². The van der Waals surface area contributed by atoms with Crippen LogP contribution in [0.25, 0.3) is 0 Å². The summed E-state index contributed by atoms with van der Waals surface area (Å²) in [5.41, 5.74) is 0. The Bertz CT molecular complexity index is 385. The van der Waals surface area contributed by atoms with Gasteiger partial charge in [-0.2, -0.15) is 0 Å². The van der Waals surface area contributed by atoms with Gasteiger partial charge in [-0.1, -0.05) is 0 Å². The first-order valence-electron chi connectivity index (χ1n) is 9.02. The molecule has 2 heterocycles. The SMILES string of the molecule is CCN(CC)C(=O)CN1CCC(NC(=O)[C@H]2CCCOC2)CC1. The summed E-state index contributed by atoms with van der Waals surface area (Å²) in [6.45, 7) is 9.15. The molecule has 1 N–H and O–H groups in total. The van der Waals surface area contributed by atoms with Gasteiger partial charge in [0.1, 0.15) is 0 Å². The third-order valence-electron chi connectivity index (χ3n) is 4.94. The molecule has 1 atom stereocenters. The Balaban J connectivity index is 1.69. The molecule has 0 spiro atoms. The molecule has 2 fully saturated rings. The third-order valence-corrected chi connectivity index (χ3v) is 4.94. The molecule has 0 unspecified atom stereocenters. The molecular formula is C17H31N3O3. The van der Waals surface area contributed by atoms with Crippen LogP contribution in [-0.2, 0) is 14.3 Å². The Morgan fingerprint density at radius 1 is 1.17 bits per heavy atom. The number of rotatable bonds is 6. The fourth-order valence-corrected chi connectivity index (χ4v) is 3.37. The van der Waals surface area contributed by atoms with Crippen molar-refractivity contribution in [1.82, 2.24) is 15.1 Å². The van der Waals surface area contributed by atoms with Crippen molar-refractivity contribution in [3.63, 3.8) is 0 Å². The predicted octanol–water partition coefficient (Wildman–Crippen LogP) is 0.862. The lowest BCUT2D eigenvalue weighted by atomic mass is 9.99. The maximum Gasteiger partial charge on any atom is 0.236 e. The fourth-order valence-electron chi connectivity index (χ4n) is 3.37. The minimum Gasteiger partial charge on any atom is -0.381 e. The maximum absolute atomic E-state index is 12.2. The van der Waals surface area contributed by atoms with Crippen molar-refractivity contribution in [3.8, 4) is 0 Å². The number of carbonyl (C=O) groups excluding carboxylic acids is 2. The van der Waals surface area contributed by atoms with Crippen LogP contribution in [0.15, 0.2) is 0 Å². The monoisotopic (exact) mass is 325 g/mol. The van der Waals surface area contributed by atoms with E-state index in [9.17, 15) is 9.59 Å². The summed E-state index contributed by atoms with van der Waals surface area (Å²) >= 11 is 0. The molecule has 2 saturated heterocycles. The molecule has 0 aliphatic carbocycles. The van der Waals surface area contributed by atoms with Crippen molar-refractivity contribution in [2.45, 2.75) is 45.6 Å². The first-order chi connectivity index (χ1) is 11.1. The zero-order chi connectivity index (χ0) is 16.7. The fraction of sp³-hybridized carbons (Fsp3) is 0.882. The summed E-state index contributed by atoms with van der Waals surface area (Å²) in [6, 6.07) is 0.240. The Hall–Kier alpha value is -1.14. The molecule has 0 aromatic carbocycles. The molecule has 6 heteroatoms. The molecule has 2 aliphatic heterocycles. The van der Waals surface area contributed by atoms with E-state index in [1.807, 2.05) is 18.7 Å². The molecule has 23 heavy (non-hydrogen) atoms. The summed E-state index contributed by atoms with van der Waals surface area (Å²) in [4.78, 5) is 28.4. The molecule has 2 rings (SSSR count). The van der Waals surface area contributed by atoms with Crippen molar-refractivity contribution in [1.29, 1.82) is 0 Å². The first kappa shape index (κ1) is 18.2. The van der Waals surface area contributed by atoms with E-state index >= 15 is 0 Å². The van der Waals surface area contributed by atoms with E-state index in [1.165, 1.54) is 0 Å². The zero-order valence-electron chi connectivity index (χ0n) is 14.6. The summed E-state index contributed by atoms with van der Waals surface area (Å²) < 4.78 is 5.39. The number of piperidine rings is 1. The summed E-state index contributed by atoms with van der Waals surface area (Å²) in [5.74, 6) is 0.366. The van der Waals surface area contributed by atoms with Crippen LogP contribution in [0.4, 0.5) is 0 Å². The second kappa shape index (κ2) is 9.23.